The van der Waals surface area contributed by atoms with E-state index in [1.807, 2.05) is 0 Å². The molecule has 94 valence electrons. The number of hydrogen-bond donors (Lipinski definition) is 1. The monoisotopic (exact) mass is 239 g/mol. The van der Waals surface area contributed by atoms with Gasteiger partial charge in [0.2, 0.25) is 0 Å². The molecule has 1 aromatic rings. The van der Waals surface area contributed by atoms with Gasteiger partial charge in [-0.3, -0.25) is 4.79 Å². The molecule has 0 radical (unpaired) electrons. The quantitative estimate of drug-likeness (QED) is 0.798. The minimum atomic E-state index is -0.116. The molecule has 0 unspecified atom stereocenters. The van der Waals surface area contributed by atoms with Crippen molar-refractivity contribution < 1.29 is 14.1 Å². The molecule has 6 nitrogen and oxygen atoms in total. The highest BCUT2D eigenvalue weighted by Crippen LogP contribution is 2.23. The summed E-state index contributed by atoms with van der Waals surface area (Å²) in [4.78, 5) is 13.7. The zero-order chi connectivity index (χ0) is 12.3. The van der Waals surface area contributed by atoms with Crippen LogP contribution in [0.25, 0.3) is 0 Å². The van der Waals surface area contributed by atoms with Crippen LogP contribution in [0.5, 0.6) is 5.88 Å². The standard InChI is InChI=1S/C11H17N3O3/c1-14(2)9-5-8(6-9)12-10(15)7-16-11-3-4-17-13-11/h3-4,8-9H,5-7H2,1-2H3,(H,12,15). The van der Waals surface area contributed by atoms with E-state index in [9.17, 15) is 4.79 Å². The summed E-state index contributed by atoms with van der Waals surface area (Å²) >= 11 is 0. The van der Waals surface area contributed by atoms with E-state index in [1.54, 1.807) is 6.07 Å². The SMILES string of the molecule is CN(C)C1CC(NC(=O)COc2ccon2)C1. The van der Waals surface area contributed by atoms with Gasteiger partial charge in [-0.05, 0) is 32.1 Å². The largest absolute Gasteiger partial charge is 0.465 e. The highest BCUT2D eigenvalue weighted by molar-refractivity contribution is 5.77. The van der Waals surface area contributed by atoms with Gasteiger partial charge in [-0.1, -0.05) is 0 Å². The van der Waals surface area contributed by atoms with E-state index in [0.29, 0.717) is 11.9 Å². The van der Waals surface area contributed by atoms with E-state index in [0.717, 1.165) is 12.8 Å². The minimum Gasteiger partial charge on any atom is -0.465 e. The molecule has 1 aliphatic rings. The number of aromatic nitrogens is 1. The normalized spacial score (nSPS) is 23.2. The van der Waals surface area contributed by atoms with E-state index in [-0.39, 0.29) is 18.6 Å². The van der Waals surface area contributed by atoms with Gasteiger partial charge in [-0.25, -0.2) is 0 Å². The van der Waals surface area contributed by atoms with Gasteiger partial charge in [0.25, 0.3) is 11.8 Å². The maximum atomic E-state index is 11.5. The van der Waals surface area contributed by atoms with Crippen LogP contribution in [-0.2, 0) is 4.79 Å². The van der Waals surface area contributed by atoms with Crippen molar-refractivity contribution in [2.75, 3.05) is 20.7 Å². The lowest BCUT2D eigenvalue weighted by Crippen LogP contribution is -2.52. The molecular weight excluding hydrogens is 222 g/mol. The van der Waals surface area contributed by atoms with Crippen LogP contribution < -0.4 is 10.1 Å². The number of nitrogens with one attached hydrogen (secondary N) is 1. The van der Waals surface area contributed by atoms with E-state index in [2.05, 4.69) is 34.0 Å². The second-order valence-corrected chi connectivity index (χ2v) is 4.48. The van der Waals surface area contributed by atoms with Crippen molar-refractivity contribution in [1.29, 1.82) is 0 Å². The van der Waals surface area contributed by atoms with Gasteiger partial charge in [-0.15, -0.1) is 0 Å². The molecule has 0 aromatic carbocycles. The van der Waals surface area contributed by atoms with E-state index in [1.165, 1.54) is 6.26 Å². The van der Waals surface area contributed by atoms with Crippen molar-refractivity contribution in [2.45, 2.75) is 24.9 Å². The lowest BCUT2D eigenvalue weighted by Gasteiger charge is -2.39. The summed E-state index contributed by atoms with van der Waals surface area (Å²) in [6.45, 7) is -0.0182. The molecule has 0 saturated heterocycles. The van der Waals surface area contributed by atoms with Crippen LogP contribution in [0.1, 0.15) is 12.8 Å². The molecule has 0 aliphatic heterocycles. The van der Waals surface area contributed by atoms with E-state index in [4.69, 9.17) is 4.74 Å². The van der Waals surface area contributed by atoms with Crippen LogP contribution in [0.15, 0.2) is 16.9 Å². The molecular formula is C11H17N3O3. The Morgan fingerprint density at radius 3 is 3.00 bits per heavy atom. The molecule has 1 amide bonds. The Bertz CT molecular complexity index is 358. The van der Waals surface area contributed by atoms with Crippen LogP contribution in [-0.4, -0.2) is 48.7 Å². The number of hydrogen-bond acceptors (Lipinski definition) is 5. The summed E-state index contributed by atoms with van der Waals surface area (Å²) in [6.07, 6.45) is 3.41. The van der Waals surface area contributed by atoms with Crippen molar-refractivity contribution in [2.24, 2.45) is 0 Å². The van der Waals surface area contributed by atoms with Crippen molar-refractivity contribution in [3.63, 3.8) is 0 Å². The number of nitrogens with zero attached hydrogens (tertiary/aromatic N) is 2. The first-order valence-corrected chi connectivity index (χ1v) is 5.64. The Labute approximate surface area is 99.9 Å². The summed E-state index contributed by atoms with van der Waals surface area (Å²) in [6, 6.07) is 2.42. The molecule has 2 rings (SSSR count). The second-order valence-electron chi connectivity index (χ2n) is 4.48. The van der Waals surface area contributed by atoms with Gasteiger partial charge in [-0.2, -0.15) is 0 Å². The Hall–Kier alpha value is -1.56. The molecule has 17 heavy (non-hydrogen) atoms. The van der Waals surface area contributed by atoms with Gasteiger partial charge in [0.1, 0.15) is 6.26 Å². The lowest BCUT2D eigenvalue weighted by molar-refractivity contribution is -0.124. The smallest absolute Gasteiger partial charge is 0.258 e. The summed E-state index contributed by atoms with van der Waals surface area (Å²) in [5.41, 5.74) is 0. The Morgan fingerprint density at radius 2 is 2.41 bits per heavy atom. The highest BCUT2D eigenvalue weighted by atomic mass is 16.5. The molecule has 6 heteroatoms. The molecule has 0 bridgehead atoms. The molecule has 0 spiro atoms. The average Bonchev–Trinajstić information content (AvgIpc) is 2.72. The molecule has 1 saturated carbocycles. The fourth-order valence-corrected chi connectivity index (χ4v) is 1.81. The Balaban J connectivity index is 1.62. The second kappa shape index (κ2) is 5.18. The molecule has 1 heterocycles. The first-order valence-electron chi connectivity index (χ1n) is 5.64. The third-order valence-corrected chi connectivity index (χ3v) is 2.97. The van der Waals surface area contributed by atoms with E-state index < -0.39 is 0 Å². The summed E-state index contributed by atoms with van der Waals surface area (Å²) in [7, 11) is 4.10. The van der Waals surface area contributed by atoms with Crippen molar-refractivity contribution >= 4 is 5.91 Å². The number of ether oxygens (including phenoxy) is 1. The summed E-state index contributed by atoms with van der Waals surface area (Å²) in [5, 5.41) is 6.47. The molecule has 0 atom stereocenters. The first kappa shape index (κ1) is 11.9. The number of rotatable bonds is 5. The summed E-state index contributed by atoms with van der Waals surface area (Å²) in [5.74, 6) is 0.218. The number of amides is 1. The molecule has 1 N–H and O–H groups in total. The molecule has 1 aliphatic carbocycles. The topological polar surface area (TPSA) is 67.6 Å². The third-order valence-electron chi connectivity index (χ3n) is 2.97. The fourth-order valence-electron chi connectivity index (χ4n) is 1.81. The fraction of sp³-hybridized carbons (Fsp3) is 0.636. The Morgan fingerprint density at radius 1 is 1.65 bits per heavy atom. The van der Waals surface area contributed by atoms with Crippen LogP contribution in [0.2, 0.25) is 0 Å². The van der Waals surface area contributed by atoms with Gasteiger partial charge < -0.3 is 19.5 Å². The highest BCUT2D eigenvalue weighted by Gasteiger charge is 2.31. The molecule has 1 aromatic heterocycles. The van der Waals surface area contributed by atoms with Gasteiger partial charge in [0.05, 0.1) is 0 Å². The van der Waals surface area contributed by atoms with E-state index >= 15 is 0 Å². The predicted molar refractivity (Wildman–Crippen MR) is 60.6 cm³/mol. The van der Waals surface area contributed by atoms with Gasteiger partial charge in [0.15, 0.2) is 6.61 Å². The first-order chi connectivity index (χ1) is 8.15. The number of carbonyl (C=O) groups is 1. The number of carbonyl (C=O) groups excluding carboxylic acids is 1. The zero-order valence-corrected chi connectivity index (χ0v) is 10.0. The predicted octanol–water partition coefficient (Wildman–Crippen LogP) is 0.262. The maximum absolute atomic E-state index is 11.5. The summed E-state index contributed by atoms with van der Waals surface area (Å²) < 4.78 is 9.71. The third kappa shape index (κ3) is 3.20. The average molecular weight is 239 g/mol. The molecule has 1 fully saturated rings. The Kier molecular flexibility index (Phi) is 3.63. The van der Waals surface area contributed by atoms with Crippen molar-refractivity contribution in [3.8, 4) is 5.88 Å². The minimum absolute atomic E-state index is 0.0182. The maximum Gasteiger partial charge on any atom is 0.258 e. The van der Waals surface area contributed by atoms with Crippen LogP contribution in [0.3, 0.4) is 0 Å². The van der Waals surface area contributed by atoms with Crippen LogP contribution in [0, 0.1) is 0 Å². The van der Waals surface area contributed by atoms with Crippen molar-refractivity contribution in [1.82, 2.24) is 15.4 Å². The van der Waals surface area contributed by atoms with Gasteiger partial charge >= 0.3 is 0 Å². The zero-order valence-electron chi connectivity index (χ0n) is 10.0. The van der Waals surface area contributed by atoms with Crippen molar-refractivity contribution in [3.05, 3.63) is 12.3 Å². The van der Waals surface area contributed by atoms with Gasteiger partial charge in [0, 0.05) is 18.2 Å². The van der Waals surface area contributed by atoms with Crippen LogP contribution >= 0.6 is 0 Å². The lowest BCUT2D eigenvalue weighted by atomic mass is 9.86. The van der Waals surface area contributed by atoms with Crippen LogP contribution in [0.4, 0.5) is 0 Å².